The largest absolute Gasteiger partial charge is 0.395 e. The summed E-state index contributed by atoms with van der Waals surface area (Å²) in [6.45, 7) is 3.12. The number of benzene rings is 1. The molecule has 1 aliphatic heterocycles. The van der Waals surface area contributed by atoms with Crippen LogP contribution in [0.2, 0.25) is 0 Å². The minimum absolute atomic E-state index is 0.108. The summed E-state index contributed by atoms with van der Waals surface area (Å²) in [6.07, 6.45) is 0.800. The van der Waals surface area contributed by atoms with Gasteiger partial charge in [-0.1, -0.05) is 29.8 Å². The van der Waals surface area contributed by atoms with Gasteiger partial charge in [0.2, 0.25) is 5.91 Å². The second kappa shape index (κ2) is 5.50. The number of aryl methyl sites for hydroxylation is 1. The molecule has 1 saturated heterocycles. The Morgan fingerprint density at radius 2 is 2.06 bits per heavy atom. The molecule has 0 radical (unpaired) electrons. The van der Waals surface area contributed by atoms with E-state index in [1.807, 2.05) is 6.92 Å². The quantitative estimate of drug-likeness (QED) is 0.806. The second-order valence-corrected chi connectivity index (χ2v) is 4.92. The van der Waals surface area contributed by atoms with Crippen molar-refractivity contribution >= 4 is 5.91 Å². The zero-order valence-electron chi connectivity index (χ0n) is 10.6. The molecule has 0 spiro atoms. The molecule has 4 heteroatoms. The van der Waals surface area contributed by atoms with Crippen LogP contribution in [0.25, 0.3) is 0 Å². The Morgan fingerprint density at radius 1 is 1.39 bits per heavy atom. The van der Waals surface area contributed by atoms with Crippen LogP contribution >= 0.6 is 0 Å². The average Bonchev–Trinajstić information content (AvgIpc) is 2.31. The van der Waals surface area contributed by atoms with Crippen LogP contribution < -0.4 is 5.32 Å². The van der Waals surface area contributed by atoms with Crippen molar-refractivity contribution in [3.8, 4) is 0 Å². The Hall–Kier alpha value is -1.39. The lowest BCUT2D eigenvalue weighted by atomic mass is 9.86. The summed E-state index contributed by atoms with van der Waals surface area (Å²) in [5.41, 5.74) is 1.73. The van der Waals surface area contributed by atoms with Crippen molar-refractivity contribution in [2.24, 2.45) is 5.41 Å². The highest BCUT2D eigenvalue weighted by molar-refractivity contribution is 5.83. The molecule has 1 fully saturated rings. The highest BCUT2D eigenvalue weighted by atomic mass is 16.5. The number of aliphatic hydroxyl groups is 1. The number of ether oxygens (including phenoxy) is 1. The molecule has 4 nitrogen and oxygen atoms in total. The fourth-order valence-corrected chi connectivity index (χ4v) is 1.91. The second-order valence-electron chi connectivity index (χ2n) is 4.92. The van der Waals surface area contributed by atoms with Gasteiger partial charge in [-0.2, -0.15) is 0 Å². The molecule has 0 saturated carbocycles. The highest BCUT2D eigenvalue weighted by Gasteiger charge is 2.45. The fourth-order valence-electron chi connectivity index (χ4n) is 1.91. The first-order valence-corrected chi connectivity index (χ1v) is 6.19. The fraction of sp³-hybridized carbons (Fsp3) is 0.500. The smallest absolute Gasteiger partial charge is 0.233 e. The monoisotopic (exact) mass is 249 g/mol. The average molecular weight is 249 g/mol. The van der Waals surface area contributed by atoms with Gasteiger partial charge in [0.15, 0.2) is 0 Å². The minimum atomic E-state index is -0.701. The lowest BCUT2D eigenvalue weighted by Gasteiger charge is -2.38. The molecule has 18 heavy (non-hydrogen) atoms. The van der Waals surface area contributed by atoms with Gasteiger partial charge in [-0.3, -0.25) is 4.79 Å². The first-order valence-electron chi connectivity index (χ1n) is 6.19. The first-order chi connectivity index (χ1) is 8.66. The third-order valence-electron chi connectivity index (χ3n) is 3.36. The summed E-state index contributed by atoms with van der Waals surface area (Å²) in [5.74, 6) is -0.108. The van der Waals surface area contributed by atoms with E-state index >= 15 is 0 Å². The zero-order chi connectivity index (χ0) is 13.0. The number of rotatable bonds is 5. The number of carbonyl (C=O) groups is 1. The van der Waals surface area contributed by atoms with Crippen molar-refractivity contribution in [3.05, 3.63) is 35.4 Å². The molecule has 1 aliphatic rings. The molecule has 0 aliphatic carbocycles. The predicted molar refractivity (Wildman–Crippen MR) is 68.2 cm³/mol. The lowest BCUT2D eigenvalue weighted by Crippen LogP contribution is -2.56. The van der Waals surface area contributed by atoms with E-state index in [0.29, 0.717) is 19.8 Å². The molecule has 0 aromatic heterocycles. The zero-order valence-corrected chi connectivity index (χ0v) is 10.6. The Balaban J connectivity index is 1.78. The van der Waals surface area contributed by atoms with Gasteiger partial charge in [0, 0.05) is 6.54 Å². The first kappa shape index (κ1) is 13.1. The number of amides is 1. The number of nitrogens with one attached hydrogen (secondary N) is 1. The summed E-state index contributed by atoms with van der Waals surface area (Å²) in [4.78, 5) is 11.9. The van der Waals surface area contributed by atoms with E-state index in [1.54, 1.807) is 0 Å². The van der Waals surface area contributed by atoms with Crippen LogP contribution in [-0.2, 0) is 16.0 Å². The maximum atomic E-state index is 11.9. The normalized spacial score (nSPS) is 17.0. The van der Waals surface area contributed by atoms with E-state index in [4.69, 9.17) is 4.74 Å². The van der Waals surface area contributed by atoms with Crippen LogP contribution in [0.15, 0.2) is 24.3 Å². The number of carbonyl (C=O) groups excluding carboxylic acids is 1. The van der Waals surface area contributed by atoms with Crippen molar-refractivity contribution in [1.29, 1.82) is 0 Å². The van der Waals surface area contributed by atoms with Gasteiger partial charge in [-0.25, -0.2) is 0 Å². The Kier molecular flexibility index (Phi) is 3.99. The van der Waals surface area contributed by atoms with E-state index in [1.165, 1.54) is 11.1 Å². The third kappa shape index (κ3) is 2.71. The standard InChI is InChI=1S/C14H19NO3/c1-11-2-4-12(5-3-11)6-7-15-13(17)14(8-16)9-18-10-14/h2-5,16H,6-10H2,1H3,(H,15,17). The van der Waals surface area contributed by atoms with E-state index in [9.17, 15) is 9.90 Å². The SMILES string of the molecule is Cc1ccc(CCNC(=O)C2(CO)COC2)cc1. The van der Waals surface area contributed by atoms with Crippen molar-refractivity contribution in [2.45, 2.75) is 13.3 Å². The maximum absolute atomic E-state index is 11.9. The number of hydrogen-bond acceptors (Lipinski definition) is 3. The Labute approximate surface area is 107 Å². The molecule has 0 atom stereocenters. The maximum Gasteiger partial charge on any atom is 0.233 e. The van der Waals surface area contributed by atoms with E-state index < -0.39 is 5.41 Å². The summed E-state index contributed by atoms with van der Waals surface area (Å²) in [6, 6.07) is 8.25. The summed E-state index contributed by atoms with van der Waals surface area (Å²) in [5, 5.41) is 12.1. The Bertz CT molecular complexity index is 404. The third-order valence-corrected chi connectivity index (χ3v) is 3.36. The van der Waals surface area contributed by atoms with Crippen molar-refractivity contribution in [2.75, 3.05) is 26.4 Å². The molecular weight excluding hydrogens is 230 g/mol. The van der Waals surface area contributed by atoms with Crippen LogP contribution in [0.1, 0.15) is 11.1 Å². The van der Waals surface area contributed by atoms with E-state index in [-0.39, 0.29) is 12.5 Å². The van der Waals surface area contributed by atoms with Gasteiger partial charge in [-0.05, 0) is 18.9 Å². The lowest BCUT2D eigenvalue weighted by molar-refractivity contribution is -0.169. The Morgan fingerprint density at radius 3 is 2.56 bits per heavy atom. The van der Waals surface area contributed by atoms with Gasteiger partial charge in [0.25, 0.3) is 0 Å². The molecule has 1 heterocycles. The number of hydrogen-bond donors (Lipinski definition) is 2. The van der Waals surface area contributed by atoms with Gasteiger partial charge in [0.05, 0.1) is 19.8 Å². The summed E-state index contributed by atoms with van der Waals surface area (Å²) >= 11 is 0. The minimum Gasteiger partial charge on any atom is -0.395 e. The molecular formula is C14H19NO3. The van der Waals surface area contributed by atoms with Crippen molar-refractivity contribution < 1.29 is 14.6 Å². The summed E-state index contributed by atoms with van der Waals surface area (Å²) < 4.78 is 5.01. The predicted octanol–water partition coefficient (Wildman–Crippen LogP) is 0.663. The van der Waals surface area contributed by atoms with Crippen LogP contribution in [0.3, 0.4) is 0 Å². The van der Waals surface area contributed by atoms with E-state index in [2.05, 4.69) is 29.6 Å². The van der Waals surface area contributed by atoms with Gasteiger partial charge >= 0.3 is 0 Å². The van der Waals surface area contributed by atoms with E-state index in [0.717, 1.165) is 6.42 Å². The van der Waals surface area contributed by atoms with Gasteiger partial charge in [0.1, 0.15) is 5.41 Å². The van der Waals surface area contributed by atoms with Crippen LogP contribution in [-0.4, -0.2) is 37.4 Å². The van der Waals surface area contributed by atoms with Crippen LogP contribution in [0.4, 0.5) is 0 Å². The molecule has 1 amide bonds. The van der Waals surface area contributed by atoms with Gasteiger partial charge < -0.3 is 15.2 Å². The molecule has 98 valence electrons. The topological polar surface area (TPSA) is 58.6 Å². The highest BCUT2D eigenvalue weighted by Crippen LogP contribution is 2.26. The van der Waals surface area contributed by atoms with Crippen LogP contribution in [0, 0.1) is 12.3 Å². The molecule has 0 unspecified atom stereocenters. The van der Waals surface area contributed by atoms with Crippen molar-refractivity contribution in [1.82, 2.24) is 5.32 Å². The van der Waals surface area contributed by atoms with Crippen molar-refractivity contribution in [3.63, 3.8) is 0 Å². The number of aliphatic hydroxyl groups excluding tert-OH is 1. The molecule has 2 rings (SSSR count). The molecule has 1 aromatic carbocycles. The van der Waals surface area contributed by atoms with Crippen LogP contribution in [0.5, 0.6) is 0 Å². The van der Waals surface area contributed by atoms with Gasteiger partial charge in [-0.15, -0.1) is 0 Å². The molecule has 0 bridgehead atoms. The molecule has 2 N–H and O–H groups in total. The summed E-state index contributed by atoms with van der Waals surface area (Å²) in [7, 11) is 0. The molecule has 1 aromatic rings.